The third kappa shape index (κ3) is 6.91. The summed E-state index contributed by atoms with van der Waals surface area (Å²) in [5.41, 5.74) is 1.06. The number of hydrogen-bond donors (Lipinski definition) is 2. The monoisotopic (exact) mass is 493 g/mol. The summed E-state index contributed by atoms with van der Waals surface area (Å²) in [6.07, 6.45) is 3.44. The predicted molar refractivity (Wildman–Crippen MR) is 114 cm³/mol. The van der Waals surface area contributed by atoms with Crippen molar-refractivity contribution in [1.82, 2.24) is 20.1 Å². The molecule has 0 saturated heterocycles. The lowest BCUT2D eigenvalue weighted by molar-refractivity contribution is -0.119. The smallest absolute Gasteiger partial charge is 0.242 e. The molecule has 2 aromatic heterocycles. The SMILES string of the molecule is CCNC(=NCC(=O)NCc1ccco1)N(C)Cc1cc(Cl)cn1C.I. The Morgan fingerprint density at radius 1 is 1.42 bits per heavy atom. The summed E-state index contributed by atoms with van der Waals surface area (Å²) in [5, 5.41) is 6.66. The van der Waals surface area contributed by atoms with Gasteiger partial charge in [0.2, 0.25) is 5.91 Å². The molecular formula is C17H25ClIN5O2. The number of rotatable bonds is 7. The molecule has 7 nitrogen and oxygen atoms in total. The first-order valence-corrected chi connectivity index (χ1v) is 8.46. The number of aromatic nitrogens is 1. The lowest BCUT2D eigenvalue weighted by Gasteiger charge is -2.22. The number of aliphatic imine (C=N–C) groups is 1. The van der Waals surface area contributed by atoms with Crippen molar-refractivity contribution in [3.8, 4) is 0 Å². The molecule has 0 aliphatic rings. The maximum atomic E-state index is 12.0. The van der Waals surface area contributed by atoms with E-state index < -0.39 is 0 Å². The van der Waals surface area contributed by atoms with E-state index in [1.807, 2.05) is 48.8 Å². The maximum Gasteiger partial charge on any atom is 0.242 e. The van der Waals surface area contributed by atoms with Crippen LogP contribution >= 0.6 is 35.6 Å². The van der Waals surface area contributed by atoms with Crippen LogP contribution in [0.1, 0.15) is 18.4 Å². The molecule has 0 aromatic carbocycles. The summed E-state index contributed by atoms with van der Waals surface area (Å²) in [6.45, 7) is 3.73. The van der Waals surface area contributed by atoms with Crippen LogP contribution in [0.4, 0.5) is 0 Å². The molecule has 9 heteroatoms. The molecule has 0 saturated carbocycles. The fourth-order valence-electron chi connectivity index (χ4n) is 2.31. The molecule has 0 atom stereocenters. The van der Waals surface area contributed by atoms with E-state index >= 15 is 0 Å². The Labute approximate surface area is 175 Å². The van der Waals surface area contributed by atoms with Gasteiger partial charge in [0.15, 0.2) is 5.96 Å². The number of halogens is 2. The first-order valence-electron chi connectivity index (χ1n) is 8.09. The van der Waals surface area contributed by atoms with E-state index in [-0.39, 0.29) is 36.4 Å². The fraction of sp³-hybridized carbons (Fsp3) is 0.412. The van der Waals surface area contributed by atoms with Crippen LogP contribution < -0.4 is 10.6 Å². The maximum absolute atomic E-state index is 12.0. The van der Waals surface area contributed by atoms with Crippen LogP contribution in [0.2, 0.25) is 5.02 Å². The molecule has 0 radical (unpaired) electrons. The molecule has 2 aromatic rings. The first-order chi connectivity index (χ1) is 12.0. The zero-order valence-electron chi connectivity index (χ0n) is 15.2. The molecule has 0 fully saturated rings. The average Bonchev–Trinajstić information content (AvgIpc) is 3.19. The Kier molecular flexibility index (Phi) is 9.57. The molecule has 0 aliphatic heterocycles. The summed E-state index contributed by atoms with van der Waals surface area (Å²) < 4.78 is 7.15. The van der Waals surface area contributed by atoms with Crippen molar-refractivity contribution < 1.29 is 9.21 Å². The van der Waals surface area contributed by atoms with Crippen molar-refractivity contribution in [2.75, 3.05) is 20.1 Å². The number of guanidine groups is 1. The Hall–Kier alpha value is -1.68. The van der Waals surface area contributed by atoms with Gasteiger partial charge in [0.05, 0.1) is 24.4 Å². The van der Waals surface area contributed by atoms with Gasteiger partial charge in [0.25, 0.3) is 0 Å². The van der Waals surface area contributed by atoms with Crippen LogP contribution in [0, 0.1) is 0 Å². The lowest BCUT2D eigenvalue weighted by atomic mass is 10.4. The van der Waals surface area contributed by atoms with Gasteiger partial charge in [-0.05, 0) is 25.1 Å². The molecule has 26 heavy (non-hydrogen) atoms. The number of nitrogens with one attached hydrogen (secondary N) is 2. The highest BCUT2D eigenvalue weighted by Crippen LogP contribution is 2.14. The van der Waals surface area contributed by atoms with Crippen molar-refractivity contribution in [3.63, 3.8) is 0 Å². The van der Waals surface area contributed by atoms with Gasteiger partial charge in [-0.1, -0.05) is 11.6 Å². The normalized spacial score (nSPS) is 11.0. The predicted octanol–water partition coefficient (Wildman–Crippen LogP) is 2.60. The average molecular weight is 494 g/mol. The van der Waals surface area contributed by atoms with E-state index in [9.17, 15) is 4.79 Å². The van der Waals surface area contributed by atoms with Crippen molar-refractivity contribution in [2.45, 2.75) is 20.0 Å². The molecule has 144 valence electrons. The van der Waals surface area contributed by atoms with Crippen LogP contribution in [-0.2, 0) is 24.9 Å². The quantitative estimate of drug-likeness (QED) is 0.353. The highest BCUT2D eigenvalue weighted by atomic mass is 127. The second kappa shape index (κ2) is 11.1. The van der Waals surface area contributed by atoms with Gasteiger partial charge in [-0.2, -0.15) is 0 Å². The fourth-order valence-corrected chi connectivity index (χ4v) is 2.58. The van der Waals surface area contributed by atoms with Crippen molar-refractivity contribution in [1.29, 1.82) is 0 Å². The number of carbonyl (C=O) groups excluding carboxylic acids is 1. The standard InChI is InChI=1S/C17H24ClN5O2.HI/c1-4-19-17(23(3)12-14-8-13(18)11-22(14)2)21-10-16(24)20-9-15-6-5-7-25-15;/h5-8,11H,4,9-10,12H2,1-3H3,(H,19,21)(H,20,24);1H. The van der Waals surface area contributed by atoms with Gasteiger partial charge in [-0.15, -0.1) is 24.0 Å². The summed E-state index contributed by atoms with van der Waals surface area (Å²) in [7, 11) is 3.87. The molecule has 2 N–H and O–H groups in total. The zero-order valence-corrected chi connectivity index (χ0v) is 18.2. The van der Waals surface area contributed by atoms with Crippen LogP contribution in [-0.4, -0.2) is 41.5 Å². The van der Waals surface area contributed by atoms with E-state index in [1.54, 1.807) is 12.3 Å². The molecule has 0 bridgehead atoms. The summed E-state index contributed by atoms with van der Waals surface area (Å²) in [4.78, 5) is 18.3. The molecule has 2 rings (SSSR count). The number of carbonyl (C=O) groups is 1. The second-order valence-electron chi connectivity index (χ2n) is 5.64. The molecule has 0 unspecified atom stereocenters. The highest BCUT2D eigenvalue weighted by molar-refractivity contribution is 14.0. The molecule has 0 aliphatic carbocycles. The van der Waals surface area contributed by atoms with Gasteiger partial charge >= 0.3 is 0 Å². The summed E-state index contributed by atoms with van der Waals surface area (Å²) in [5.74, 6) is 1.21. The Balaban J connectivity index is 0.00000338. The van der Waals surface area contributed by atoms with Gasteiger partial charge in [-0.25, -0.2) is 4.99 Å². The van der Waals surface area contributed by atoms with Crippen molar-refractivity contribution in [3.05, 3.63) is 47.1 Å². The van der Waals surface area contributed by atoms with Crippen LogP contribution in [0.15, 0.2) is 40.1 Å². The minimum Gasteiger partial charge on any atom is -0.467 e. The first kappa shape index (κ1) is 22.4. The van der Waals surface area contributed by atoms with Gasteiger partial charge in [0.1, 0.15) is 12.3 Å². The number of hydrogen-bond acceptors (Lipinski definition) is 3. The van der Waals surface area contributed by atoms with Crippen LogP contribution in [0.3, 0.4) is 0 Å². The Morgan fingerprint density at radius 2 is 2.19 bits per heavy atom. The van der Waals surface area contributed by atoms with E-state index in [1.165, 1.54) is 0 Å². The van der Waals surface area contributed by atoms with Gasteiger partial charge in [0, 0.05) is 32.5 Å². The van der Waals surface area contributed by atoms with E-state index in [4.69, 9.17) is 16.0 Å². The van der Waals surface area contributed by atoms with Crippen molar-refractivity contribution >= 4 is 47.4 Å². The van der Waals surface area contributed by atoms with Crippen molar-refractivity contribution in [2.24, 2.45) is 12.0 Å². The van der Waals surface area contributed by atoms with E-state index in [0.29, 0.717) is 36.4 Å². The summed E-state index contributed by atoms with van der Waals surface area (Å²) >= 11 is 6.02. The number of nitrogens with zero attached hydrogens (tertiary/aromatic N) is 3. The van der Waals surface area contributed by atoms with Gasteiger partial charge in [-0.3, -0.25) is 4.79 Å². The molecular weight excluding hydrogens is 469 g/mol. The molecule has 1 amide bonds. The van der Waals surface area contributed by atoms with E-state index in [2.05, 4.69) is 15.6 Å². The number of furan rings is 1. The minimum absolute atomic E-state index is 0. The Morgan fingerprint density at radius 3 is 2.77 bits per heavy atom. The Bertz CT molecular complexity index is 715. The highest BCUT2D eigenvalue weighted by Gasteiger charge is 2.10. The van der Waals surface area contributed by atoms with Gasteiger partial charge < -0.3 is 24.5 Å². The third-order valence-corrected chi connectivity index (χ3v) is 3.79. The third-order valence-electron chi connectivity index (χ3n) is 3.58. The van der Waals surface area contributed by atoms with Crippen LogP contribution in [0.25, 0.3) is 0 Å². The molecule has 2 heterocycles. The zero-order chi connectivity index (χ0) is 18.2. The largest absolute Gasteiger partial charge is 0.467 e. The topological polar surface area (TPSA) is 74.8 Å². The second-order valence-corrected chi connectivity index (χ2v) is 6.08. The molecule has 0 spiro atoms. The van der Waals surface area contributed by atoms with E-state index in [0.717, 1.165) is 5.69 Å². The number of amides is 1. The number of aryl methyl sites for hydroxylation is 1. The summed E-state index contributed by atoms with van der Waals surface area (Å²) in [6, 6.07) is 5.51. The minimum atomic E-state index is -0.165. The lowest BCUT2D eigenvalue weighted by Crippen LogP contribution is -2.39. The van der Waals surface area contributed by atoms with Crippen LogP contribution in [0.5, 0.6) is 0 Å².